The fourth-order valence-electron chi connectivity index (χ4n) is 0. The predicted octanol–water partition coefficient (Wildman–Crippen LogP) is -3.27. The molecular formula is C2BrF2NaO2. The van der Waals surface area contributed by atoms with Crippen LogP contribution in [-0.2, 0) is 4.79 Å². The van der Waals surface area contributed by atoms with Crippen LogP contribution in [0.3, 0.4) is 0 Å². The molecule has 0 aliphatic carbocycles. The van der Waals surface area contributed by atoms with Crippen LogP contribution in [-0.4, -0.2) is 10.8 Å². The molecule has 6 heteroatoms. The van der Waals surface area contributed by atoms with Gasteiger partial charge in [0.15, 0.2) is 0 Å². The molecule has 8 heavy (non-hydrogen) atoms. The number of aliphatic carboxylic acids is 1. The fraction of sp³-hybridized carbons (Fsp3) is 0.500. The van der Waals surface area contributed by atoms with Crippen LogP contribution in [0.15, 0.2) is 0 Å². The average molecular weight is 197 g/mol. The molecule has 0 N–H and O–H groups in total. The smallest absolute Gasteiger partial charge is 0.543 e. The standard InChI is InChI=1S/C2HBrF2O2.Na/c3-2(4,5)1(6)7;/h(H,6,7);/q;+1/p-1. The van der Waals surface area contributed by atoms with E-state index in [2.05, 4.69) is 0 Å². The van der Waals surface area contributed by atoms with Crippen molar-refractivity contribution in [2.45, 2.75) is 4.83 Å². The van der Waals surface area contributed by atoms with Crippen LogP contribution in [0.2, 0.25) is 0 Å². The Bertz CT molecular complexity index is 90.5. The number of hydrogen-bond acceptors (Lipinski definition) is 2. The third kappa shape index (κ3) is 4.96. The van der Waals surface area contributed by atoms with E-state index < -0.39 is 10.8 Å². The monoisotopic (exact) mass is 196 g/mol. The predicted molar refractivity (Wildman–Crippen MR) is 18.9 cm³/mol. The summed E-state index contributed by atoms with van der Waals surface area (Å²) in [5, 5.41) is 9.11. The maximum atomic E-state index is 11.1. The summed E-state index contributed by atoms with van der Waals surface area (Å²) >= 11 is 1.55. The molecule has 0 saturated carbocycles. The molecule has 0 spiro atoms. The van der Waals surface area contributed by atoms with E-state index in [1.165, 1.54) is 0 Å². The van der Waals surface area contributed by atoms with Crippen molar-refractivity contribution in [1.29, 1.82) is 0 Å². The minimum Gasteiger partial charge on any atom is -0.543 e. The van der Waals surface area contributed by atoms with Gasteiger partial charge >= 0.3 is 34.4 Å². The van der Waals surface area contributed by atoms with Crippen LogP contribution in [0.25, 0.3) is 0 Å². The van der Waals surface area contributed by atoms with Crippen LogP contribution >= 0.6 is 15.9 Å². The van der Waals surface area contributed by atoms with Crippen molar-refractivity contribution in [3.63, 3.8) is 0 Å². The summed E-state index contributed by atoms with van der Waals surface area (Å²) in [6.45, 7) is 0. The third-order valence-electron chi connectivity index (χ3n) is 0.231. The van der Waals surface area contributed by atoms with Gasteiger partial charge in [0, 0.05) is 0 Å². The summed E-state index contributed by atoms with van der Waals surface area (Å²) < 4.78 is 22.2. The second-order valence-corrected chi connectivity index (χ2v) is 1.78. The Balaban J connectivity index is 0. The van der Waals surface area contributed by atoms with Crippen molar-refractivity contribution in [3.8, 4) is 0 Å². The van der Waals surface area contributed by atoms with Gasteiger partial charge in [0.2, 0.25) is 0 Å². The molecule has 0 aliphatic rings. The minimum atomic E-state index is -3.88. The van der Waals surface area contributed by atoms with E-state index in [1.807, 2.05) is 0 Å². The molecule has 0 rings (SSSR count). The molecule has 0 saturated heterocycles. The van der Waals surface area contributed by atoms with Crippen LogP contribution in [0, 0.1) is 0 Å². The molecule has 42 valence electrons. The van der Waals surface area contributed by atoms with Crippen molar-refractivity contribution < 1.29 is 48.2 Å². The van der Waals surface area contributed by atoms with Crippen molar-refractivity contribution in [3.05, 3.63) is 0 Å². The first kappa shape index (κ1) is 11.6. The Labute approximate surface area is 74.7 Å². The molecule has 2 nitrogen and oxygen atoms in total. The van der Waals surface area contributed by atoms with Crippen molar-refractivity contribution in [2.24, 2.45) is 0 Å². The maximum Gasteiger partial charge on any atom is 1.00 e. The summed E-state index contributed by atoms with van der Waals surface area (Å²) in [6, 6.07) is 0. The van der Waals surface area contributed by atoms with Crippen LogP contribution in [0.1, 0.15) is 0 Å². The van der Waals surface area contributed by atoms with Gasteiger partial charge in [-0.2, -0.15) is 8.78 Å². The van der Waals surface area contributed by atoms with Crippen LogP contribution in [0.4, 0.5) is 8.78 Å². The van der Waals surface area contributed by atoms with Crippen LogP contribution < -0.4 is 34.7 Å². The molecule has 0 bridgehead atoms. The second-order valence-electron chi connectivity index (χ2n) is 0.785. The quantitative estimate of drug-likeness (QED) is 0.326. The van der Waals surface area contributed by atoms with E-state index in [0.29, 0.717) is 0 Å². The van der Waals surface area contributed by atoms with Gasteiger partial charge in [-0.1, -0.05) is 0 Å². The molecule has 0 heterocycles. The summed E-state index contributed by atoms with van der Waals surface area (Å²) in [7, 11) is 0. The van der Waals surface area contributed by atoms with E-state index >= 15 is 0 Å². The Hall–Kier alpha value is 0.810. The Kier molecular flexibility index (Phi) is 5.45. The van der Waals surface area contributed by atoms with Crippen molar-refractivity contribution >= 4 is 21.9 Å². The SMILES string of the molecule is O=C([O-])C(F)(F)Br.[Na+]. The molecule has 0 fully saturated rings. The topological polar surface area (TPSA) is 40.1 Å². The average Bonchev–Trinajstić information content (AvgIpc) is 1.31. The van der Waals surface area contributed by atoms with Gasteiger partial charge in [0.1, 0.15) is 5.97 Å². The molecule has 0 unspecified atom stereocenters. The number of carboxylic acids is 1. The zero-order valence-electron chi connectivity index (χ0n) is 3.95. The van der Waals surface area contributed by atoms with Gasteiger partial charge < -0.3 is 9.90 Å². The first-order valence-corrected chi connectivity index (χ1v) is 2.02. The molecule has 0 aromatic heterocycles. The van der Waals surface area contributed by atoms with Gasteiger partial charge in [-0.25, -0.2) is 0 Å². The molecule has 0 aliphatic heterocycles. The first-order chi connectivity index (χ1) is 2.94. The van der Waals surface area contributed by atoms with E-state index in [9.17, 15) is 8.78 Å². The first-order valence-electron chi connectivity index (χ1n) is 1.23. The van der Waals surface area contributed by atoms with Gasteiger partial charge in [0.05, 0.1) is 0 Å². The molecule has 0 aromatic rings. The Morgan fingerprint density at radius 3 is 1.75 bits per heavy atom. The van der Waals surface area contributed by atoms with Crippen molar-refractivity contribution in [1.82, 2.24) is 0 Å². The maximum absolute atomic E-state index is 11.1. The summed E-state index contributed by atoms with van der Waals surface area (Å²) in [6.07, 6.45) is 0. The molecule has 0 amide bonds. The van der Waals surface area contributed by atoms with E-state index in [0.717, 1.165) is 0 Å². The van der Waals surface area contributed by atoms with Gasteiger partial charge in [-0.15, -0.1) is 0 Å². The Morgan fingerprint density at radius 1 is 1.62 bits per heavy atom. The number of alkyl halides is 3. The molecule has 0 radical (unpaired) electrons. The zero-order valence-corrected chi connectivity index (χ0v) is 7.54. The van der Waals surface area contributed by atoms with Gasteiger partial charge in [-0.05, 0) is 15.9 Å². The Morgan fingerprint density at radius 2 is 1.75 bits per heavy atom. The summed E-state index contributed by atoms with van der Waals surface area (Å²) in [5.74, 6) is -2.42. The zero-order chi connectivity index (χ0) is 6.08. The fourth-order valence-corrected chi connectivity index (χ4v) is 0. The van der Waals surface area contributed by atoms with Crippen molar-refractivity contribution in [2.75, 3.05) is 0 Å². The second kappa shape index (κ2) is 3.76. The molecule has 0 atom stereocenters. The van der Waals surface area contributed by atoms with Gasteiger partial charge in [0.25, 0.3) is 0 Å². The van der Waals surface area contributed by atoms with E-state index in [-0.39, 0.29) is 29.6 Å². The number of carboxylic acid groups (broad SMARTS) is 1. The van der Waals surface area contributed by atoms with E-state index in [1.54, 1.807) is 15.9 Å². The van der Waals surface area contributed by atoms with E-state index in [4.69, 9.17) is 9.90 Å². The summed E-state index contributed by atoms with van der Waals surface area (Å²) in [5.41, 5.74) is 0. The molecule has 0 aromatic carbocycles. The van der Waals surface area contributed by atoms with Crippen LogP contribution in [0.5, 0.6) is 0 Å². The number of rotatable bonds is 1. The number of carbonyl (C=O) groups excluding carboxylic acids is 1. The normalized spacial score (nSPS) is 9.88. The summed E-state index contributed by atoms with van der Waals surface area (Å²) in [4.78, 5) is 5.23. The number of carbonyl (C=O) groups is 1. The number of hydrogen-bond donors (Lipinski definition) is 0. The molecular weight excluding hydrogens is 197 g/mol. The third-order valence-corrected chi connectivity index (χ3v) is 0.555. The minimum absolute atomic E-state index is 0. The largest absolute Gasteiger partial charge is 1.00 e. The van der Waals surface area contributed by atoms with Gasteiger partial charge in [-0.3, -0.25) is 0 Å². The number of halogens is 3.